The summed E-state index contributed by atoms with van der Waals surface area (Å²) in [5.41, 5.74) is 1.92. The third-order valence-electron chi connectivity index (χ3n) is 6.58. The first kappa shape index (κ1) is 26.5. The maximum Gasteiger partial charge on any atom is 0.354 e. The molecule has 0 aliphatic carbocycles. The number of amides is 2. The van der Waals surface area contributed by atoms with Gasteiger partial charge in [-0.25, -0.2) is 24.1 Å². The summed E-state index contributed by atoms with van der Waals surface area (Å²) in [6, 6.07) is 8.23. The molecule has 0 saturated carbocycles. The number of pyridine rings is 1. The third-order valence-corrected chi connectivity index (χ3v) is 6.58. The van der Waals surface area contributed by atoms with Crippen LogP contribution in [-0.2, 0) is 16.1 Å². The molecule has 2 atom stereocenters. The number of hydrogen-bond donors (Lipinski definition) is 2. The predicted octanol–water partition coefficient (Wildman–Crippen LogP) is 2.68. The highest BCUT2D eigenvalue weighted by Crippen LogP contribution is 2.28. The lowest BCUT2D eigenvalue weighted by Crippen LogP contribution is -2.44. The molecule has 1 fully saturated rings. The number of aromatic nitrogens is 5. The fourth-order valence-corrected chi connectivity index (χ4v) is 4.64. The number of nitrogens with zero attached hydrogens (tertiary/aromatic N) is 6. The molecule has 0 spiro atoms. The third kappa shape index (κ3) is 5.25. The van der Waals surface area contributed by atoms with Crippen LogP contribution in [0.4, 0.5) is 10.2 Å². The summed E-state index contributed by atoms with van der Waals surface area (Å²) in [6.45, 7) is 2.52. The van der Waals surface area contributed by atoms with Gasteiger partial charge in [0.25, 0.3) is 0 Å². The van der Waals surface area contributed by atoms with Gasteiger partial charge in [-0.15, -0.1) is 0 Å². The number of nitrogens with one attached hydrogen (secondary N) is 1. The van der Waals surface area contributed by atoms with Crippen LogP contribution >= 0.6 is 0 Å². The molecule has 2 amide bonds. The van der Waals surface area contributed by atoms with Crippen molar-refractivity contribution in [2.75, 3.05) is 11.9 Å². The smallest absolute Gasteiger partial charge is 0.354 e. The van der Waals surface area contributed by atoms with Crippen molar-refractivity contribution in [3.63, 3.8) is 0 Å². The quantitative estimate of drug-likeness (QED) is 0.333. The molecule has 204 valence electrons. The number of likely N-dealkylation sites (tertiary alicyclic amines) is 1. The minimum Gasteiger partial charge on any atom is -0.477 e. The number of carbonyl (C=O) groups excluding carboxylic acids is 3. The molecule has 1 saturated heterocycles. The van der Waals surface area contributed by atoms with Gasteiger partial charge in [-0.3, -0.25) is 19.1 Å². The number of halogens is 1. The Morgan fingerprint density at radius 3 is 2.55 bits per heavy atom. The molecule has 5 rings (SSSR count). The number of aryl methyl sites for hydroxylation is 1. The summed E-state index contributed by atoms with van der Waals surface area (Å²) in [5.74, 6) is -2.24. The molecular weight excluding hydrogens is 521 g/mol. The van der Waals surface area contributed by atoms with Crippen molar-refractivity contribution in [3.8, 4) is 11.1 Å². The fourth-order valence-electron chi connectivity index (χ4n) is 4.64. The molecule has 1 aliphatic rings. The van der Waals surface area contributed by atoms with Crippen molar-refractivity contribution in [1.82, 2.24) is 29.6 Å². The van der Waals surface area contributed by atoms with E-state index in [1.54, 1.807) is 37.5 Å². The topological polar surface area (TPSA) is 160 Å². The minimum atomic E-state index is -1.43. The van der Waals surface area contributed by atoms with Crippen LogP contribution in [0.2, 0.25) is 0 Å². The molecule has 1 aromatic carbocycles. The molecule has 12 nitrogen and oxygen atoms in total. The summed E-state index contributed by atoms with van der Waals surface area (Å²) in [5, 5.41) is 16.5. The Bertz CT molecular complexity index is 1650. The molecule has 1 aliphatic heterocycles. The van der Waals surface area contributed by atoms with Gasteiger partial charge in [-0.05, 0) is 36.8 Å². The highest BCUT2D eigenvalue weighted by Gasteiger charge is 2.40. The normalized spacial score (nSPS) is 16.7. The number of carboxylic acid groups (broad SMARTS) is 1. The van der Waals surface area contributed by atoms with E-state index >= 15 is 0 Å². The van der Waals surface area contributed by atoms with E-state index in [-0.39, 0.29) is 42.5 Å². The predicted molar refractivity (Wildman–Crippen MR) is 140 cm³/mol. The number of alkyl halides is 1. The lowest BCUT2D eigenvalue weighted by atomic mass is 10.0. The van der Waals surface area contributed by atoms with Gasteiger partial charge < -0.3 is 15.3 Å². The van der Waals surface area contributed by atoms with E-state index in [1.165, 1.54) is 29.8 Å². The Morgan fingerprint density at radius 1 is 1.10 bits per heavy atom. The van der Waals surface area contributed by atoms with Gasteiger partial charge in [0, 0.05) is 36.7 Å². The monoisotopic (exact) mass is 545 g/mol. The highest BCUT2D eigenvalue weighted by atomic mass is 19.1. The van der Waals surface area contributed by atoms with Crippen molar-refractivity contribution in [1.29, 1.82) is 0 Å². The van der Waals surface area contributed by atoms with E-state index in [9.17, 15) is 23.6 Å². The number of carbonyl (C=O) groups is 4. The zero-order valence-corrected chi connectivity index (χ0v) is 21.5. The SMILES string of the molecule is CC(=O)c1nn(CC(=O)N2C[C@H](F)C[C@H]2C(=O)Nc2cccc(C(=O)O)n2)c2ccc(-c3cnc(C)nc3)cc12. The minimum absolute atomic E-state index is 0.0291. The van der Waals surface area contributed by atoms with Crippen LogP contribution in [0, 0.1) is 6.92 Å². The standard InChI is InChI=1S/C27H24FN7O5/c1-14(36)25-19-8-16(17-10-29-15(2)30-11-17)6-7-21(19)35(33-25)13-24(37)34-12-18(28)9-22(34)26(38)32-23-5-3-4-20(31-23)27(39)40/h3-8,10-11,18,22H,9,12-13H2,1-2H3,(H,39,40)(H,31,32,38)/t18-,22+/m1/s1. The second-order valence-corrected chi connectivity index (χ2v) is 9.41. The number of carboxylic acids is 1. The first-order chi connectivity index (χ1) is 19.1. The van der Waals surface area contributed by atoms with Crippen LogP contribution in [0.5, 0.6) is 0 Å². The van der Waals surface area contributed by atoms with Crippen LogP contribution in [0.3, 0.4) is 0 Å². The van der Waals surface area contributed by atoms with Crippen LogP contribution < -0.4 is 5.32 Å². The van der Waals surface area contributed by atoms with Crippen LogP contribution in [0.25, 0.3) is 22.0 Å². The first-order valence-corrected chi connectivity index (χ1v) is 12.4. The van der Waals surface area contributed by atoms with Crippen molar-refractivity contribution in [3.05, 3.63) is 66.0 Å². The lowest BCUT2D eigenvalue weighted by molar-refractivity contribution is -0.137. The van der Waals surface area contributed by atoms with E-state index in [4.69, 9.17) is 5.11 Å². The van der Waals surface area contributed by atoms with Crippen molar-refractivity contribution in [2.24, 2.45) is 0 Å². The Morgan fingerprint density at radius 2 is 1.85 bits per heavy atom. The van der Waals surface area contributed by atoms with Crippen molar-refractivity contribution in [2.45, 2.75) is 39.0 Å². The Balaban J connectivity index is 1.39. The zero-order valence-electron chi connectivity index (χ0n) is 21.5. The zero-order chi connectivity index (χ0) is 28.6. The number of ketones is 1. The van der Waals surface area contributed by atoms with Crippen molar-refractivity contribution < 1.29 is 28.7 Å². The fraction of sp³-hybridized carbons (Fsp3) is 0.259. The average Bonchev–Trinajstić information content (AvgIpc) is 3.50. The Labute approximate surface area is 226 Å². The van der Waals surface area contributed by atoms with Gasteiger partial charge in [0.2, 0.25) is 11.8 Å². The molecule has 3 aromatic heterocycles. The number of benzene rings is 1. The van der Waals surface area contributed by atoms with E-state index in [0.717, 1.165) is 16.0 Å². The lowest BCUT2D eigenvalue weighted by Gasteiger charge is -2.23. The van der Waals surface area contributed by atoms with E-state index in [1.807, 2.05) is 0 Å². The van der Waals surface area contributed by atoms with Gasteiger partial charge in [0.1, 0.15) is 36.1 Å². The molecule has 4 heterocycles. The van der Waals surface area contributed by atoms with Gasteiger partial charge in [-0.1, -0.05) is 12.1 Å². The number of hydrogen-bond acceptors (Lipinski definition) is 8. The van der Waals surface area contributed by atoms with E-state index in [2.05, 4.69) is 25.4 Å². The second-order valence-electron chi connectivity index (χ2n) is 9.41. The molecule has 40 heavy (non-hydrogen) atoms. The number of rotatable bonds is 7. The molecule has 0 radical (unpaired) electrons. The Hall–Kier alpha value is -5.07. The van der Waals surface area contributed by atoms with Crippen LogP contribution in [0.15, 0.2) is 48.8 Å². The van der Waals surface area contributed by atoms with Crippen LogP contribution in [-0.4, -0.2) is 77.1 Å². The van der Waals surface area contributed by atoms with Gasteiger partial charge in [0.15, 0.2) is 11.5 Å². The molecule has 0 bridgehead atoms. The summed E-state index contributed by atoms with van der Waals surface area (Å²) in [7, 11) is 0. The number of aromatic carboxylic acids is 1. The van der Waals surface area contributed by atoms with Gasteiger partial charge >= 0.3 is 5.97 Å². The summed E-state index contributed by atoms with van der Waals surface area (Å²) >= 11 is 0. The Kier molecular flexibility index (Phi) is 7.03. The van der Waals surface area contributed by atoms with Gasteiger partial charge in [-0.2, -0.15) is 5.10 Å². The van der Waals surface area contributed by atoms with E-state index < -0.39 is 30.0 Å². The van der Waals surface area contributed by atoms with Gasteiger partial charge in [0.05, 0.1) is 12.1 Å². The number of Topliss-reactive ketones (excluding diaryl/α,β-unsaturated/α-hetero) is 1. The second kappa shape index (κ2) is 10.6. The summed E-state index contributed by atoms with van der Waals surface area (Å²) < 4.78 is 15.8. The largest absolute Gasteiger partial charge is 0.477 e. The highest BCUT2D eigenvalue weighted by molar-refractivity contribution is 6.06. The maximum absolute atomic E-state index is 14.4. The molecule has 13 heteroatoms. The average molecular weight is 546 g/mol. The maximum atomic E-state index is 14.4. The molecule has 4 aromatic rings. The molecule has 2 N–H and O–H groups in total. The first-order valence-electron chi connectivity index (χ1n) is 12.4. The number of fused-ring (bicyclic) bond motifs is 1. The molecule has 0 unspecified atom stereocenters. The summed E-state index contributed by atoms with van der Waals surface area (Å²) in [6.07, 6.45) is 1.69. The van der Waals surface area contributed by atoms with Crippen LogP contribution in [0.1, 0.15) is 40.1 Å². The summed E-state index contributed by atoms with van der Waals surface area (Å²) in [4.78, 5) is 63.3. The van der Waals surface area contributed by atoms with Crippen molar-refractivity contribution >= 4 is 40.3 Å². The molecular formula is C27H24FN7O5. The van der Waals surface area contributed by atoms with E-state index in [0.29, 0.717) is 16.7 Å². The number of anilines is 1.